The quantitative estimate of drug-likeness (QED) is 0.447. The second-order valence-electron chi connectivity index (χ2n) is 8.87. The number of likely N-dealkylation sites (tertiary alicyclic amines) is 1. The van der Waals surface area contributed by atoms with E-state index in [1.165, 1.54) is 0 Å². The summed E-state index contributed by atoms with van der Waals surface area (Å²) in [5, 5.41) is 1.13. The molecule has 1 aliphatic heterocycles. The first kappa shape index (κ1) is 21.3. The molecule has 1 atom stereocenters. The van der Waals surface area contributed by atoms with Crippen molar-refractivity contribution < 1.29 is 9.53 Å². The molecule has 0 unspecified atom stereocenters. The molecule has 0 spiro atoms. The Bertz CT molecular complexity index is 1280. The van der Waals surface area contributed by atoms with Crippen LogP contribution in [0.4, 0.5) is 0 Å². The lowest BCUT2D eigenvalue weighted by Crippen LogP contribution is -2.40. The Morgan fingerprint density at radius 3 is 2.76 bits per heavy atom. The van der Waals surface area contributed by atoms with Gasteiger partial charge in [0.25, 0.3) is 0 Å². The summed E-state index contributed by atoms with van der Waals surface area (Å²) in [6.07, 6.45) is 4.44. The average molecular weight is 440 g/mol. The normalized spacial score (nSPS) is 16.2. The molecule has 1 saturated heterocycles. The molecule has 5 rings (SSSR count). The fraction of sp³-hybridized carbons (Fsp3) is 0.286. The Morgan fingerprint density at radius 2 is 1.94 bits per heavy atom. The number of rotatable bonds is 5. The number of pyridine rings is 1. The van der Waals surface area contributed by atoms with Crippen molar-refractivity contribution in [1.29, 1.82) is 0 Å². The molecule has 2 aromatic carbocycles. The molecule has 1 aliphatic rings. The molecule has 0 bridgehead atoms. The molecular weight excluding hydrogens is 410 g/mol. The van der Waals surface area contributed by atoms with Gasteiger partial charge in [-0.15, -0.1) is 0 Å². The van der Waals surface area contributed by atoms with Crippen molar-refractivity contribution in [3.63, 3.8) is 0 Å². The third-order valence-electron chi connectivity index (χ3n) is 6.61. The van der Waals surface area contributed by atoms with Gasteiger partial charge in [0.15, 0.2) is 0 Å². The van der Waals surface area contributed by atoms with Crippen LogP contribution in [0.5, 0.6) is 5.75 Å². The van der Waals surface area contributed by atoms with Gasteiger partial charge >= 0.3 is 0 Å². The average Bonchev–Trinajstić information content (AvgIpc) is 3.26. The van der Waals surface area contributed by atoms with E-state index < -0.39 is 0 Å². The zero-order chi connectivity index (χ0) is 22.8. The van der Waals surface area contributed by atoms with Gasteiger partial charge in [-0.2, -0.15) is 0 Å². The molecule has 0 aliphatic carbocycles. The van der Waals surface area contributed by atoms with E-state index in [0.29, 0.717) is 6.42 Å². The number of aryl methyl sites for hydroxylation is 1. The fourth-order valence-corrected chi connectivity index (χ4v) is 4.85. The number of amides is 1. The van der Waals surface area contributed by atoms with Gasteiger partial charge in [-0.3, -0.25) is 9.78 Å². The lowest BCUT2D eigenvalue weighted by atomic mass is 9.92. The number of piperidine rings is 1. The summed E-state index contributed by atoms with van der Waals surface area (Å²) in [4.78, 5) is 23.3. The van der Waals surface area contributed by atoms with Crippen molar-refractivity contribution in [2.75, 3.05) is 20.2 Å². The highest BCUT2D eigenvalue weighted by Crippen LogP contribution is 2.31. The first-order valence-corrected chi connectivity index (χ1v) is 11.6. The van der Waals surface area contributed by atoms with Crippen molar-refractivity contribution >= 4 is 16.8 Å². The molecule has 1 N–H and O–H groups in total. The second kappa shape index (κ2) is 9.10. The predicted molar refractivity (Wildman–Crippen MR) is 132 cm³/mol. The molecule has 2 aromatic heterocycles. The van der Waals surface area contributed by atoms with E-state index in [0.717, 1.165) is 70.7 Å². The van der Waals surface area contributed by atoms with Gasteiger partial charge in [-0.25, -0.2) is 0 Å². The third kappa shape index (κ3) is 4.49. The second-order valence-corrected chi connectivity index (χ2v) is 8.87. The van der Waals surface area contributed by atoms with Gasteiger partial charge in [0, 0.05) is 47.5 Å². The van der Waals surface area contributed by atoms with E-state index in [4.69, 9.17) is 9.72 Å². The van der Waals surface area contributed by atoms with Gasteiger partial charge in [-0.05, 0) is 66.8 Å². The summed E-state index contributed by atoms with van der Waals surface area (Å²) in [5.41, 5.74) is 6.51. The number of fused-ring (bicyclic) bond motifs is 1. The van der Waals surface area contributed by atoms with E-state index in [2.05, 4.69) is 35.3 Å². The zero-order valence-electron chi connectivity index (χ0n) is 19.2. The molecule has 5 heteroatoms. The van der Waals surface area contributed by atoms with Crippen molar-refractivity contribution in [3.8, 4) is 16.9 Å². The van der Waals surface area contributed by atoms with Crippen molar-refractivity contribution in [2.24, 2.45) is 0 Å². The maximum Gasteiger partial charge on any atom is 0.227 e. The molecular formula is C28H29N3O2. The molecule has 4 aromatic rings. The van der Waals surface area contributed by atoms with Crippen LogP contribution in [0.25, 0.3) is 22.0 Å². The van der Waals surface area contributed by atoms with Crippen LogP contribution in [0.2, 0.25) is 0 Å². The van der Waals surface area contributed by atoms with Gasteiger partial charge < -0.3 is 14.6 Å². The van der Waals surface area contributed by atoms with E-state index in [1.807, 2.05) is 48.4 Å². The maximum absolute atomic E-state index is 13.2. The summed E-state index contributed by atoms with van der Waals surface area (Å²) in [6, 6.07) is 20.6. The first-order chi connectivity index (χ1) is 16.1. The van der Waals surface area contributed by atoms with Crippen LogP contribution in [-0.2, 0) is 11.2 Å². The zero-order valence-corrected chi connectivity index (χ0v) is 19.2. The number of hydrogen-bond donors (Lipinski definition) is 1. The van der Waals surface area contributed by atoms with Crippen molar-refractivity contribution in [2.45, 2.75) is 32.1 Å². The van der Waals surface area contributed by atoms with E-state index in [9.17, 15) is 4.79 Å². The number of benzene rings is 2. The topological polar surface area (TPSA) is 58.2 Å². The number of hydrogen-bond acceptors (Lipinski definition) is 3. The van der Waals surface area contributed by atoms with Crippen LogP contribution < -0.4 is 4.74 Å². The lowest BCUT2D eigenvalue weighted by Gasteiger charge is -2.33. The highest BCUT2D eigenvalue weighted by molar-refractivity contribution is 5.89. The van der Waals surface area contributed by atoms with Crippen molar-refractivity contribution in [1.82, 2.24) is 14.9 Å². The van der Waals surface area contributed by atoms with E-state index in [-0.39, 0.29) is 11.8 Å². The Balaban J connectivity index is 1.34. The number of carbonyl (C=O) groups is 1. The monoisotopic (exact) mass is 439 g/mol. The van der Waals surface area contributed by atoms with Gasteiger partial charge in [0.1, 0.15) is 5.75 Å². The minimum absolute atomic E-state index is 0.187. The van der Waals surface area contributed by atoms with Crippen LogP contribution in [0.3, 0.4) is 0 Å². The molecule has 0 radical (unpaired) electrons. The number of para-hydroxylation sites is 1. The van der Waals surface area contributed by atoms with Gasteiger partial charge in [-0.1, -0.05) is 30.3 Å². The third-order valence-corrected chi connectivity index (χ3v) is 6.61. The van der Waals surface area contributed by atoms with E-state index in [1.54, 1.807) is 7.11 Å². The van der Waals surface area contributed by atoms with Crippen LogP contribution in [0, 0.1) is 6.92 Å². The van der Waals surface area contributed by atoms with Gasteiger partial charge in [0.05, 0.1) is 13.5 Å². The summed E-state index contributed by atoms with van der Waals surface area (Å²) in [5.74, 6) is 1.29. The summed E-state index contributed by atoms with van der Waals surface area (Å²) >= 11 is 0. The predicted octanol–water partition coefficient (Wildman–Crippen LogP) is 5.50. The van der Waals surface area contributed by atoms with Crippen molar-refractivity contribution in [3.05, 3.63) is 83.8 Å². The summed E-state index contributed by atoms with van der Waals surface area (Å²) < 4.78 is 5.29. The fourth-order valence-electron chi connectivity index (χ4n) is 4.85. The number of aromatic nitrogens is 2. The van der Waals surface area contributed by atoms with Crippen LogP contribution >= 0.6 is 0 Å². The largest absolute Gasteiger partial charge is 0.497 e. The summed E-state index contributed by atoms with van der Waals surface area (Å²) in [6.45, 7) is 3.58. The SMILES string of the molecule is COc1ccc(-c2cc(C)nc([C@@H]3CCCN(C(=O)Cc4c[nH]c5ccccc45)C3)c2)cc1. The lowest BCUT2D eigenvalue weighted by molar-refractivity contribution is -0.131. The minimum Gasteiger partial charge on any atom is -0.497 e. The van der Waals surface area contributed by atoms with Gasteiger partial charge in [0.2, 0.25) is 5.91 Å². The molecule has 168 valence electrons. The van der Waals surface area contributed by atoms with Crippen LogP contribution in [-0.4, -0.2) is 41.0 Å². The number of methoxy groups -OCH3 is 1. The Labute approximate surface area is 194 Å². The number of carbonyl (C=O) groups excluding carboxylic acids is 1. The number of H-pyrrole nitrogens is 1. The van der Waals surface area contributed by atoms with Crippen LogP contribution in [0.15, 0.2) is 66.9 Å². The number of nitrogens with zero attached hydrogens (tertiary/aromatic N) is 2. The molecule has 33 heavy (non-hydrogen) atoms. The minimum atomic E-state index is 0.187. The Kier molecular flexibility index (Phi) is 5.86. The molecule has 0 saturated carbocycles. The highest BCUT2D eigenvalue weighted by Gasteiger charge is 2.26. The molecule has 5 nitrogen and oxygen atoms in total. The standard InChI is InChI=1S/C28H29N3O2/c1-19-14-22(20-9-11-24(33-2)12-10-20)15-27(30-19)21-6-5-13-31(18-21)28(32)16-23-17-29-26-8-4-3-7-25(23)26/h3-4,7-12,14-15,17,21,29H,5-6,13,16,18H2,1-2H3/t21-/m1/s1. The maximum atomic E-state index is 13.2. The first-order valence-electron chi connectivity index (χ1n) is 11.6. The smallest absolute Gasteiger partial charge is 0.227 e. The Hall–Kier alpha value is -3.60. The van der Waals surface area contributed by atoms with E-state index >= 15 is 0 Å². The number of nitrogens with one attached hydrogen (secondary N) is 1. The number of aromatic amines is 1. The summed E-state index contributed by atoms with van der Waals surface area (Å²) in [7, 11) is 1.68. The molecule has 1 fully saturated rings. The number of ether oxygens (including phenoxy) is 1. The molecule has 3 heterocycles. The highest BCUT2D eigenvalue weighted by atomic mass is 16.5. The molecule has 1 amide bonds. The Morgan fingerprint density at radius 1 is 1.12 bits per heavy atom. The van der Waals surface area contributed by atoms with Crippen LogP contribution in [0.1, 0.15) is 35.7 Å².